The van der Waals surface area contributed by atoms with Crippen LogP contribution in [0.2, 0.25) is 0 Å². The second kappa shape index (κ2) is 4.49. The Balaban J connectivity index is 1.79. The van der Waals surface area contributed by atoms with Crippen LogP contribution in [0.15, 0.2) is 12.2 Å². The van der Waals surface area contributed by atoms with Gasteiger partial charge in [-0.1, -0.05) is 25.0 Å². The van der Waals surface area contributed by atoms with Gasteiger partial charge in [0.25, 0.3) is 0 Å². The summed E-state index contributed by atoms with van der Waals surface area (Å²) >= 11 is 0. The van der Waals surface area contributed by atoms with Crippen LogP contribution in [-0.4, -0.2) is 30.1 Å². The molecule has 2 amide bonds. The first-order chi connectivity index (χ1) is 6.86. The van der Waals surface area contributed by atoms with E-state index in [1.807, 2.05) is 4.90 Å². The van der Waals surface area contributed by atoms with E-state index < -0.39 is 0 Å². The van der Waals surface area contributed by atoms with Gasteiger partial charge < -0.3 is 10.2 Å². The highest BCUT2D eigenvalue weighted by Crippen LogP contribution is 2.18. The number of hydrogen-bond acceptors (Lipinski definition) is 1. The van der Waals surface area contributed by atoms with E-state index >= 15 is 0 Å². The number of hydrogen-bond donors (Lipinski definition) is 1. The third kappa shape index (κ3) is 2.28. The van der Waals surface area contributed by atoms with Crippen LogP contribution in [0.25, 0.3) is 0 Å². The van der Waals surface area contributed by atoms with Crippen LogP contribution >= 0.6 is 0 Å². The van der Waals surface area contributed by atoms with Gasteiger partial charge in [-0.25, -0.2) is 4.79 Å². The summed E-state index contributed by atoms with van der Waals surface area (Å²) in [6, 6.07) is 0.564. The maximum absolute atomic E-state index is 11.7. The SMILES string of the molecule is O=C(NC1CCCC1)N1CC=CCC1. The van der Waals surface area contributed by atoms with Crippen molar-refractivity contribution in [2.75, 3.05) is 13.1 Å². The molecule has 78 valence electrons. The topological polar surface area (TPSA) is 32.3 Å². The second-order valence-corrected chi connectivity index (χ2v) is 4.14. The van der Waals surface area contributed by atoms with Crippen molar-refractivity contribution in [3.8, 4) is 0 Å². The predicted octanol–water partition coefficient (Wildman–Crippen LogP) is 1.90. The van der Waals surface area contributed by atoms with E-state index in [0.717, 1.165) is 32.4 Å². The number of carbonyl (C=O) groups is 1. The fraction of sp³-hybridized carbons (Fsp3) is 0.727. The molecule has 0 spiro atoms. The van der Waals surface area contributed by atoms with Gasteiger partial charge in [0, 0.05) is 19.1 Å². The summed E-state index contributed by atoms with van der Waals surface area (Å²) < 4.78 is 0. The minimum absolute atomic E-state index is 0.126. The Morgan fingerprint density at radius 1 is 1.29 bits per heavy atom. The van der Waals surface area contributed by atoms with Gasteiger partial charge in [-0.2, -0.15) is 0 Å². The van der Waals surface area contributed by atoms with E-state index in [2.05, 4.69) is 17.5 Å². The van der Waals surface area contributed by atoms with Crippen LogP contribution in [0.3, 0.4) is 0 Å². The zero-order chi connectivity index (χ0) is 9.80. The third-order valence-corrected chi connectivity index (χ3v) is 3.03. The van der Waals surface area contributed by atoms with E-state index in [0.29, 0.717) is 6.04 Å². The van der Waals surface area contributed by atoms with E-state index in [-0.39, 0.29) is 6.03 Å². The minimum Gasteiger partial charge on any atom is -0.335 e. The third-order valence-electron chi connectivity index (χ3n) is 3.03. The molecule has 0 aromatic carbocycles. The molecule has 0 saturated heterocycles. The fourth-order valence-corrected chi connectivity index (χ4v) is 2.16. The summed E-state index contributed by atoms with van der Waals surface area (Å²) in [4.78, 5) is 13.6. The van der Waals surface area contributed by atoms with Gasteiger partial charge in [0.2, 0.25) is 0 Å². The largest absolute Gasteiger partial charge is 0.335 e. The highest BCUT2D eigenvalue weighted by atomic mass is 16.2. The molecule has 1 N–H and O–H groups in total. The van der Waals surface area contributed by atoms with Gasteiger partial charge in [0.05, 0.1) is 0 Å². The monoisotopic (exact) mass is 194 g/mol. The molecule has 1 aliphatic heterocycles. The van der Waals surface area contributed by atoms with Crippen molar-refractivity contribution in [1.82, 2.24) is 10.2 Å². The summed E-state index contributed by atoms with van der Waals surface area (Å²) in [6.07, 6.45) is 10.1. The standard InChI is InChI=1S/C11H18N2O/c14-11(12-10-6-2-3-7-10)13-8-4-1-5-9-13/h1,4,10H,2-3,5-9H2,(H,12,14). The van der Waals surface area contributed by atoms with Gasteiger partial charge in [-0.15, -0.1) is 0 Å². The van der Waals surface area contributed by atoms with Crippen molar-refractivity contribution >= 4 is 6.03 Å². The molecule has 0 aromatic rings. The lowest BCUT2D eigenvalue weighted by Crippen LogP contribution is -2.45. The predicted molar refractivity (Wildman–Crippen MR) is 56.1 cm³/mol. The van der Waals surface area contributed by atoms with E-state index in [1.165, 1.54) is 12.8 Å². The van der Waals surface area contributed by atoms with E-state index in [1.54, 1.807) is 0 Å². The zero-order valence-electron chi connectivity index (χ0n) is 8.54. The molecule has 14 heavy (non-hydrogen) atoms. The van der Waals surface area contributed by atoms with Crippen LogP contribution in [0.5, 0.6) is 0 Å². The highest BCUT2D eigenvalue weighted by Gasteiger charge is 2.20. The fourth-order valence-electron chi connectivity index (χ4n) is 2.16. The summed E-state index contributed by atoms with van der Waals surface area (Å²) in [5.74, 6) is 0. The maximum atomic E-state index is 11.7. The number of amides is 2. The Labute approximate surface area is 85.2 Å². The van der Waals surface area contributed by atoms with Gasteiger partial charge in [-0.3, -0.25) is 0 Å². The minimum atomic E-state index is 0.126. The molecule has 0 unspecified atom stereocenters. The molecule has 2 aliphatic rings. The molecule has 1 aliphatic carbocycles. The molecule has 0 aromatic heterocycles. The van der Waals surface area contributed by atoms with E-state index in [9.17, 15) is 4.79 Å². The molecule has 2 rings (SSSR count). The average Bonchev–Trinajstić information content (AvgIpc) is 2.72. The Morgan fingerprint density at radius 2 is 2.07 bits per heavy atom. The van der Waals surface area contributed by atoms with E-state index in [4.69, 9.17) is 0 Å². The Kier molecular flexibility index (Phi) is 3.07. The summed E-state index contributed by atoms with van der Waals surface area (Å²) in [5.41, 5.74) is 0. The Hall–Kier alpha value is -0.990. The molecule has 0 atom stereocenters. The van der Waals surface area contributed by atoms with Gasteiger partial charge in [-0.05, 0) is 19.3 Å². The molecule has 1 fully saturated rings. The van der Waals surface area contributed by atoms with Crippen molar-refractivity contribution < 1.29 is 4.79 Å². The average molecular weight is 194 g/mol. The Morgan fingerprint density at radius 3 is 2.71 bits per heavy atom. The molecule has 0 bridgehead atoms. The molecule has 3 heteroatoms. The van der Waals surface area contributed by atoms with Gasteiger partial charge in [0.1, 0.15) is 0 Å². The summed E-state index contributed by atoms with van der Waals surface area (Å²) in [5, 5.41) is 3.10. The Bertz CT molecular complexity index is 231. The number of nitrogens with zero attached hydrogens (tertiary/aromatic N) is 1. The van der Waals surface area contributed by atoms with Crippen LogP contribution in [-0.2, 0) is 0 Å². The van der Waals surface area contributed by atoms with Gasteiger partial charge in [0.15, 0.2) is 0 Å². The molecule has 0 radical (unpaired) electrons. The molecular formula is C11H18N2O. The number of rotatable bonds is 1. The smallest absolute Gasteiger partial charge is 0.317 e. The lowest BCUT2D eigenvalue weighted by atomic mass is 10.2. The molecular weight excluding hydrogens is 176 g/mol. The maximum Gasteiger partial charge on any atom is 0.317 e. The van der Waals surface area contributed by atoms with Crippen LogP contribution in [0.1, 0.15) is 32.1 Å². The van der Waals surface area contributed by atoms with Gasteiger partial charge >= 0.3 is 6.03 Å². The first-order valence-corrected chi connectivity index (χ1v) is 5.57. The zero-order valence-corrected chi connectivity index (χ0v) is 8.54. The number of urea groups is 1. The van der Waals surface area contributed by atoms with Crippen molar-refractivity contribution in [1.29, 1.82) is 0 Å². The highest BCUT2D eigenvalue weighted by molar-refractivity contribution is 5.74. The summed E-state index contributed by atoms with van der Waals surface area (Å²) in [6.45, 7) is 1.65. The normalized spacial score (nSPS) is 22.7. The van der Waals surface area contributed by atoms with Crippen molar-refractivity contribution in [3.05, 3.63) is 12.2 Å². The van der Waals surface area contributed by atoms with Crippen LogP contribution in [0.4, 0.5) is 4.79 Å². The van der Waals surface area contributed by atoms with Crippen molar-refractivity contribution in [2.24, 2.45) is 0 Å². The number of nitrogens with one attached hydrogen (secondary N) is 1. The second-order valence-electron chi connectivity index (χ2n) is 4.14. The van der Waals surface area contributed by atoms with Crippen molar-refractivity contribution in [2.45, 2.75) is 38.1 Å². The van der Waals surface area contributed by atoms with Crippen molar-refractivity contribution in [3.63, 3.8) is 0 Å². The first-order valence-electron chi connectivity index (χ1n) is 5.57. The quantitative estimate of drug-likeness (QED) is 0.635. The summed E-state index contributed by atoms with van der Waals surface area (Å²) in [7, 11) is 0. The molecule has 1 heterocycles. The lowest BCUT2D eigenvalue weighted by molar-refractivity contribution is 0.198. The first kappa shape index (κ1) is 9.56. The lowest BCUT2D eigenvalue weighted by Gasteiger charge is -2.25. The molecule has 1 saturated carbocycles. The molecule has 3 nitrogen and oxygen atoms in total. The number of carbonyl (C=O) groups excluding carboxylic acids is 1. The van der Waals surface area contributed by atoms with Crippen LogP contribution < -0.4 is 5.32 Å². The van der Waals surface area contributed by atoms with Crippen LogP contribution in [0, 0.1) is 0 Å².